The number of hydrogen-bond donors (Lipinski definition) is 0. The zero-order valence-corrected chi connectivity index (χ0v) is 9.52. The Bertz CT molecular complexity index is 389. The molecule has 0 radical (unpaired) electrons. The van der Waals surface area contributed by atoms with E-state index in [1.165, 1.54) is 0 Å². The first kappa shape index (κ1) is 12.2. The first-order valence-electron chi connectivity index (χ1n) is 5.13. The fraction of sp³-hybridized carbons (Fsp3) is 0.231. The van der Waals surface area contributed by atoms with Gasteiger partial charge in [0.15, 0.2) is 0 Å². The van der Waals surface area contributed by atoms with E-state index < -0.39 is 0 Å². The molecule has 3 nitrogen and oxygen atoms in total. The topological polar surface area (TPSA) is 32.7 Å². The minimum absolute atomic E-state index is 0.487. The lowest BCUT2D eigenvalue weighted by Crippen LogP contribution is -2.22. The minimum atomic E-state index is 0.487. The van der Waals surface area contributed by atoms with Crippen molar-refractivity contribution in [3.63, 3.8) is 0 Å². The average molecular weight is 216 g/mol. The van der Waals surface area contributed by atoms with Crippen molar-refractivity contribution in [2.24, 2.45) is 5.18 Å². The molecule has 1 aromatic carbocycles. The molecule has 0 aliphatic rings. The van der Waals surface area contributed by atoms with Gasteiger partial charge in [-0.1, -0.05) is 12.2 Å². The monoisotopic (exact) mass is 216 g/mol. The Hall–Kier alpha value is -1.90. The molecule has 0 saturated carbocycles. The molecule has 0 atom stereocenters. The van der Waals surface area contributed by atoms with Crippen LogP contribution in [0.1, 0.15) is 5.56 Å². The predicted octanol–water partition coefficient (Wildman–Crippen LogP) is 3.57. The van der Waals surface area contributed by atoms with Crippen LogP contribution < -0.4 is 4.90 Å². The second kappa shape index (κ2) is 5.85. The summed E-state index contributed by atoms with van der Waals surface area (Å²) in [6.45, 7) is 10.8. The maximum atomic E-state index is 10.5. The molecule has 0 saturated heterocycles. The third-order valence-electron chi connectivity index (χ3n) is 2.34. The molecule has 0 fully saturated rings. The molecular formula is C13H16N2O. The van der Waals surface area contributed by atoms with E-state index in [-0.39, 0.29) is 0 Å². The van der Waals surface area contributed by atoms with E-state index in [2.05, 4.69) is 23.2 Å². The number of hydrogen-bond acceptors (Lipinski definition) is 3. The van der Waals surface area contributed by atoms with Gasteiger partial charge >= 0.3 is 0 Å². The Morgan fingerprint density at radius 1 is 1.31 bits per heavy atom. The summed E-state index contributed by atoms with van der Waals surface area (Å²) < 4.78 is 0. The van der Waals surface area contributed by atoms with Crippen molar-refractivity contribution in [1.82, 2.24) is 0 Å². The number of nitrogens with zero attached hydrogens (tertiary/aromatic N) is 2. The van der Waals surface area contributed by atoms with Crippen LogP contribution in [0.3, 0.4) is 0 Å². The smallest absolute Gasteiger partial charge is 0.111 e. The van der Waals surface area contributed by atoms with Crippen molar-refractivity contribution >= 4 is 11.4 Å². The Balaban J connectivity index is 3.00. The quantitative estimate of drug-likeness (QED) is 0.538. The summed E-state index contributed by atoms with van der Waals surface area (Å²) >= 11 is 0. The van der Waals surface area contributed by atoms with Crippen LogP contribution in [-0.2, 0) is 0 Å². The van der Waals surface area contributed by atoms with Crippen LogP contribution >= 0.6 is 0 Å². The number of rotatable bonds is 6. The molecule has 0 amide bonds. The lowest BCUT2D eigenvalue weighted by atomic mass is 10.1. The molecule has 0 N–H and O–H groups in total. The molecule has 1 aromatic rings. The summed E-state index contributed by atoms with van der Waals surface area (Å²) in [7, 11) is 0. The van der Waals surface area contributed by atoms with Gasteiger partial charge in [0.1, 0.15) is 5.69 Å². The van der Waals surface area contributed by atoms with E-state index >= 15 is 0 Å². The van der Waals surface area contributed by atoms with Crippen molar-refractivity contribution in [3.05, 3.63) is 54.0 Å². The SMILES string of the molecule is C=CCN(CC=C)c1ccc(N=O)c(C)c1. The van der Waals surface area contributed by atoms with Gasteiger partial charge in [0.05, 0.1) is 0 Å². The van der Waals surface area contributed by atoms with Crippen LogP contribution in [0.15, 0.2) is 48.7 Å². The second-order valence-corrected chi connectivity index (χ2v) is 3.54. The van der Waals surface area contributed by atoms with Crippen LogP contribution in [0.25, 0.3) is 0 Å². The Labute approximate surface area is 96.1 Å². The molecular weight excluding hydrogens is 200 g/mol. The van der Waals surface area contributed by atoms with Crippen molar-refractivity contribution in [1.29, 1.82) is 0 Å². The maximum absolute atomic E-state index is 10.5. The first-order valence-corrected chi connectivity index (χ1v) is 5.13. The highest BCUT2D eigenvalue weighted by molar-refractivity contribution is 5.58. The highest BCUT2D eigenvalue weighted by Crippen LogP contribution is 2.24. The molecule has 0 aliphatic carbocycles. The molecule has 0 aliphatic heterocycles. The van der Waals surface area contributed by atoms with Gasteiger partial charge in [-0.05, 0) is 35.9 Å². The number of nitroso groups, excluding NO2 is 1. The van der Waals surface area contributed by atoms with Gasteiger partial charge in [0, 0.05) is 18.8 Å². The fourth-order valence-electron chi connectivity index (χ4n) is 1.54. The highest BCUT2D eigenvalue weighted by Gasteiger charge is 2.05. The number of aryl methyl sites for hydroxylation is 1. The largest absolute Gasteiger partial charge is 0.364 e. The second-order valence-electron chi connectivity index (χ2n) is 3.54. The van der Waals surface area contributed by atoms with Gasteiger partial charge < -0.3 is 4.90 Å². The van der Waals surface area contributed by atoms with Crippen LogP contribution in [0.5, 0.6) is 0 Å². The van der Waals surface area contributed by atoms with Crippen LogP contribution in [0.4, 0.5) is 11.4 Å². The van der Waals surface area contributed by atoms with Gasteiger partial charge in [-0.3, -0.25) is 0 Å². The highest BCUT2D eigenvalue weighted by atomic mass is 16.3. The van der Waals surface area contributed by atoms with Gasteiger partial charge in [0.25, 0.3) is 0 Å². The van der Waals surface area contributed by atoms with Gasteiger partial charge in [-0.15, -0.1) is 18.1 Å². The van der Waals surface area contributed by atoms with E-state index in [4.69, 9.17) is 0 Å². The standard InChI is InChI=1S/C13H16N2O/c1-4-8-15(9-5-2)12-6-7-13(14-16)11(3)10-12/h4-7,10H,1-2,8-9H2,3H3. The third-order valence-corrected chi connectivity index (χ3v) is 2.34. The zero-order valence-electron chi connectivity index (χ0n) is 9.52. The zero-order chi connectivity index (χ0) is 12.0. The molecule has 0 spiro atoms. The predicted molar refractivity (Wildman–Crippen MR) is 69.2 cm³/mol. The van der Waals surface area contributed by atoms with E-state index in [1.54, 1.807) is 6.07 Å². The maximum Gasteiger partial charge on any atom is 0.111 e. The Morgan fingerprint density at radius 2 is 1.94 bits per heavy atom. The summed E-state index contributed by atoms with van der Waals surface area (Å²) in [5.41, 5.74) is 2.41. The molecule has 1 rings (SSSR count). The van der Waals surface area contributed by atoms with Gasteiger partial charge in [0.2, 0.25) is 0 Å². The molecule has 0 bridgehead atoms. The molecule has 84 valence electrons. The van der Waals surface area contributed by atoms with E-state index in [0.29, 0.717) is 5.69 Å². The first-order chi connectivity index (χ1) is 7.72. The van der Waals surface area contributed by atoms with Gasteiger partial charge in [-0.25, -0.2) is 0 Å². The summed E-state index contributed by atoms with van der Waals surface area (Å²) in [4.78, 5) is 12.6. The van der Waals surface area contributed by atoms with Crippen molar-refractivity contribution in [2.75, 3.05) is 18.0 Å². The Kier molecular flexibility index (Phi) is 4.45. The summed E-state index contributed by atoms with van der Waals surface area (Å²) in [6, 6.07) is 5.57. The summed E-state index contributed by atoms with van der Waals surface area (Å²) in [6.07, 6.45) is 3.68. The van der Waals surface area contributed by atoms with Crippen molar-refractivity contribution in [3.8, 4) is 0 Å². The van der Waals surface area contributed by atoms with Crippen LogP contribution in [0, 0.1) is 11.8 Å². The van der Waals surface area contributed by atoms with E-state index in [1.807, 2.05) is 31.2 Å². The third kappa shape index (κ3) is 2.79. The fourth-order valence-corrected chi connectivity index (χ4v) is 1.54. The Morgan fingerprint density at radius 3 is 2.38 bits per heavy atom. The minimum Gasteiger partial charge on any atom is -0.364 e. The lowest BCUT2D eigenvalue weighted by molar-refractivity contribution is 0.955. The average Bonchev–Trinajstić information content (AvgIpc) is 2.28. The summed E-state index contributed by atoms with van der Waals surface area (Å²) in [5, 5.41) is 2.95. The van der Waals surface area contributed by atoms with Gasteiger partial charge in [-0.2, -0.15) is 0 Å². The molecule has 0 unspecified atom stereocenters. The molecule has 16 heavy (non-hydrogen) atoms. The molecule has 0 aromatic heterocycles. The van der Waals surface area contributed by atoms with Crippen molar-refractivity contribution in [2.45, 2.75) is 6.92 Å². The number of benzene rings is 1. The van der Waals surface area contributed by atoms with Crippen LogP contribution in [0.2, 0.25) is 0 Å². The number of anilines is 1. The lowest BCUT2D eigenvalue weighted by Gasteiger charge is -2.22. The van der Waals surface area contributed by atoms with E-state index in [0.717, 1.165) is 24.3 Å². The molecule has 0 heterocycles. The summed E-state index contributed by atoms with van der Waals surface area (Å²) in [5.74, 6) is 0. The van der Waals surface area contributed by atoms with Crippen molar-refractivity contribution < 1.29 is 0 Å². The molecule has 3 heteroatoms. The van der Waals surface area contributed by atoms with Crippen LogP contribution in [-0.4, -0.2) is 13.1 Å². The normalized spacial score (nSPS) is 9.56. The van der Waals surface area contributed by atoms with E-state index in [9.17, 15) is 4.91 Å².